The molecular formula is C8H10ClN3O3. The zero-order valence-electron chi connectivity index (χ0n) is 7.88. The summed E-state index contributed by atoms with van der Waals surface area (Å²) in [6.07, 6.45) is 0.438. The summed E-state index contributed by atoms with van der Waals surface area (Å²) in [4.78, 5) is 35.3. The average molecular weight is 232 g/mol. The van der Waals surface area contributed by atoms with Gasteiger partial charge in [-0.2, -0.15) is 0 Å². The zero-order chi connectivity index (χ0) is 11.1. The Hall–Kier alpha value is -1.30. The van der Waals surface area contributed by atoms with Crippen molar-refractivity contribution < 1.29 is 14.4 Å². The number of carbonyl (C=O) groups is 3. The Labute approximate surface area is 90.9 Å². The van der Waals surface area contributed by atoms with E-state index in [2.05, 4.69) is 10.6 Å². The molecule has 0 aliphatic carbocycles. The molecule has 0 bridgehead atoms. The van der Waals surface area contributed by atoms with Gasteiger partial charge in [-0.1, -0.05) is 0 Å². The summed E-state index contributed by atoms with van der Waals surface area (Å²) >= 11 is 5.41. The van der Waals surface area contributed by atoms with Crippen LogP contribution in [0.15, 0.2) is 0 Å². The maximum absolute atomic E-state index is 11.5. The second kappa shape index (κ2) is 3.37. The van der Waals surface area contributed by atoms with Gasteiger partial charge in [0.15, 0.2) is 0 Å². The van der Waals surface area contributed by atoms with Crippen LogP contribution in [0.5, 0.6) is 0 Å². The quantitative estimate of drug-likeness (QED) is 0.451. The van der Waals surface area contributed by atoms with Crippen LogP contribution in [0.25, 0.3) is 0 Å². The molecule has 1 unspecified atom stereocenters. The molecule has 2 saturated heterocycles. The number of urea groups is 1. The lowest BCUT2D eigenvalue weighted by molar-refractivity contribution is -0.128. The van der Waals surface area contributed by atoms with E-state index in [1.54, 1.807) is 0 Å². The van der Waals surface area contributed by atoms with E-state index >= 15 is 0 Å². The molecule has 2 fully saturated rings. The molecule has 1 spiro atoms. The topological polar surface area (TPSA) is 78.5 Å². The summed E-state index contributed by atoms with van der Waals surface area (Å²) in [5, 5.41) is 4.72. The number of hydrogen-bond acceptors (Lipinski definition) is 3. The van der Waals surface area contributed by atoms with Crippen LogP contribution >= 0.6 is 11.6 Å². The molecule has 15 heavy (non-hydrogen) atoms. The molecule has 2 rings (SSSR count). The maximum atomic E-state index is 11.5. The van der Waals surface area contributed by atoms with E-state index in [1.165, 1.54) is 4.90 Å². The minimum absolute atomic E-state index is 0.106. The summed E-state index contributed by atoms with van der Waals surface area (Å²) in [6.45, 7) is 0.648. The van der Waals surface area contributed by atoms with Crippen molar-refractivity contribution in [1.82, 2.24) is 15.5 Å². The summed E-state index contributed by atoms with van der Waals surface area (Å²) in [5.41, 5.74) is -0.932. The third-order valence-electron chi connectivity index (χ3n) is 2.75. The molecule has 2 aliphatic heterocycles. The fourth-order valence-corrected chi connectivity index (χ4v) is 2.09. The number of rotatable bonds is 1. The standard InChI is InChI=1S/C8H10ClN3O3/c9-3-5(13)12-2-1-8(4-12)6(14)10-7(15)11-8/h1-4H2,(H2,10,11,14,15). The van der Waals surface area contributed by atoms with Gasteiger partial charge in [0, 0.05) is 6.54 Å². The fraction of sp³-hybridized carbons (Fsp3) is 0.625. The third kappa shape index (κ3) is 1.54. The van der Waals surface area contributed by atoms with Crippen molar-refractivity contribution >= 4 is 29.4 Å². The predicted molar refractivity (Wildman–Crippen MR) is 51.3 cm³/mol. The second-order valence-corrected chi connectivity index (χ2v) is 3.96. The van der Waals surface area contributed by atoms with Gasteiger partial charge in [0.05, 0.1) is 6.54 Å². The molecule has 0 saturated carbocycles. The molecular weight excluding hydrogens is 222 g/mol. The molecule has 2 N–H and O–H groups in total. The highest BCUT2D eigenvalue weighted by molar-refractivity contribution is 6.27. The highest BCUT2D eigenvalue weighted by Gasteiger charge is 2.51. The number of carbonyl (C=O) groups excluding carboxylic acids is 3. The van der Waals surface area contributed by atoms with Gasteiger partial charge >= 0.3 is 6.03 Å². The zero-order valence-corrected chi connectivity index (χ0v) is 8.63. The van der Waals surface area contributed by atoms with Crippen molar-refractivity contribution in [2.24, 2.45) is 0 Å². The Morgan fingerprint density at radius 1 is 1.53 bits per heavy atom. The first-order valence-corrected chi connectivity index (χ1v) is 5.08. The van der Waals surface area contributed by atoms with Gasteiger partial charge in [0.2, 0.25) is 5.91 Å². The Balaban J connectivity index is 2.12. The van der Waals surface area contributed by atoms with Crippen molar-refractivity contribution in [3.05, 3.63) is 0 Å². The van der Waals surface area contributed by atoms with E-state index in [0.717, 1.165) is 0 Å². The largest absolute Gasteiger partial charge is 0.339 e. The maximum Gasteiger partial charge on any atom is 0.322 e. The van der Waals surface area contributed by atoms with Crippen molar-refractivity contribution in [3.8, 4) is 0 Å². The SMILES string of the molecule is O=C1NC(=O)C2(CCN(C(=O)CCl)C2)N1. The van der Waals surface area contributed by atoms with Crippen LogP contribution in [-0.4, -0.2) is 47.3 Å². The molecule has 0 aromatic carbocycles. The fourth-order valence-electron chi connectivity index (χ4n) is 1.92. The average Bonchev–Trinajstić information content (AvgIpc) is 2.72. The van der Waals surface area contributed by atoms with Gasteiger partial charge in [-0.3, -0.25) is 14.9 Å². The molecule has 0 aromatic heterocycles. The molecule has 0 radical (unpaired) electrons. The van der Waals surface area contributed by atoms with Crippen LogP contribution in [0.3, 0.4) is 0 Å². The first-order valence-electron chi connectivity index (χ1n) is 4.55. The monoisotopic (exact) mass is 231 g/mol. The number of nitrogens with zero attached hydrogens (tertiary/aromatic N) is 1. The number of likely N-dealkylation sites (tertiary alicyclic amines) is 1. The number of alkyl halides is 1. The summed E-state index contributed by atoms with van der Waals surface area (Å²) < 4.78 is 0. The second-order valence-electron chi connectivity index (χ2n) is 3.69. The lowest BCUT2D eigenvalue weighted by Gasteiger charge is -2.20. The minimum atomic E-state index is -0.932. The first-order chi connectivity index (χ1) is 7.07. The Morgan fingerprint density at radius 2 is 2.27 bits per heavy atom. The number of nitrogens with one attached hydrogen (secondary N) is 2. The molecule has 6 nitrogen and oxygen atoms in total. The van der Waals surface area contributed by atoms with E-state index in [1.807, 2.05) is 0 Å². The van der Waals surface area contributed by atoms with Crippen molar-refractivity contribution in [2.45, 2.75) is 12.0 Å². The van der Waals surface area contributed by atoms with Gasteiger partial charge in [0.1, 0.15) is 11.4 Å². The van der Waals surface area contributed by atoms with Crippen LogP contribution in [-0.2, 0) is 9.59 Å². The molecule has 1 atom stereocenters. The van der Waals surface area contributed by atoms with E-state index in [-0.39, 0.29) is 24.2 Å². The van der Waals surface area contributed by atoms with E-state index < -0.39 is 11.6 Å². The minimum Gasteiger partial charge on any atom is -0.339 e. The Bertz CT molecular complexity index is 346. The molecule has 7 heteroatoms. The van der Waals surface area contributed by atoms with Gasteiger partial charge in [-0.05, 0) is 6.42 Å². The van der Waals surface area contributed by atoms with Gasteiger partial charge in [-0.25, -0.2) is 4.79 Å². The lowest BCUT2D eigenvalue weighted by atomic mass is 10.00. The number of hydrogen-bond donors (Lipinski definition) is 2. The number of halogens is 1. The highest BCUT2D eigenvalue weighted by atomic mass is 35.5. The van der Waals surface area contributed by atoms with Crippen LogP contribution in [0, 0.1) is 0 Å². The summed E-state index contributed by atoms with van der Waals surface area (Å²) in [6, 6.07) is -0.500. The third-order valence-corrected chi connectivity index (χ3v) is 2.98. The van der Waals surface area contributed by atoms with Gasteiger partial charge in [-0.15, -0.1) is 11.6 Å². The number of imide groups is 1. The van der Waals surface area contributed by atoms with Crippen molar-refractivity contribution in [1.29, 1.82) is 0 Å². The van der Waals surface area contributed by atoms with E-state index in [4.69, 9.17) is 11.6 Å². The molecule has 0 aromatic rings. The van der Waals surface area contributed by atoms with Gasteiger partial charge in [0.25, 0.3) is 5.91 Å². The highest BCUT2D eigenvalue weighted by Crippen LogP contribution is 2.24. The Kier molecular flexibility index (Phi) is 2.30. The van der Waals surface area contributed by atoms with Crippen LogP contribution < -0.4 is 10.6 Å². The summed E-state index contributed by atoms with van der Waals surface area (Å²) in [5.74, 6) is -0.689. The normalized spacial score (nSPS) is 29.5. The van der Waals surface area contributed by atoms with Gasteiger partial charge < -0.3 is 10.2 Å². The summed E-state index contributed by atoms with van der Waals surface area (Å²) in [7, 11) is 0. The van der Waals surface area contributed by atoms with E-state index in [9.17, 15) is 14.4 Å². The molecule has 2 aliphatic rings. The van der Waals surface area contributed by atoms with E-state index in [0.29, 0.717) is 13.0 Å². The molecule has 82 valence electrons. The van der Waals surface area contributed by atoms with Crippen LogP contribution in [0.4, 0.5) is 4.79 Å². The van der Waals surface area contributed by atoms with Crippen LogP contribution in [0.1, 0.15) is 6.42 Å². The molecule has 2 heterocycles. The van der Waals surface area contributed by atoms with Crippen molar-refractivity contribution in [2.75, 3.05) is 19.0 Å². The van der Waals surface area contributed by atoms with Crippen molar-refractivity contribution in [3.63, 3.8) is 0 Å². The smallest absolute Gasteiger partial charge is 0.322 e. The Morgan fingerprint density at radius 3 is 2.80 bits per heavy atom. The lowest BCUT2D eigenvalue weighted by Crippen LogP contribution is -2.49. The van der Waals surface area contributed by atoms with Crippen LogP contribution in [0.2, 0.25) is 0 Å². The first kappa shape index (κ1) is 10.2. The predicted octanol–water partition coefficient (Wildman–Crippen LogP) is -0.964. The number of amides is 4. The molecule has 4 amide bonds.